The number of hydrogen-bond donors (Lipinski definition) is 1. The molecular formula is C12H10ClN2O2+. The SMILES string of the molecule is NC(=O)C1=CC=[N+](Cc2ccc(Cl)cc2)C1=O. The van der Waals surface area contributed by atoms with Crippen LogP contribution >= 0.6 is 11.6 Å². The van der Waals surface area contributed by atoms with Crippen molar-refractivity contribution in [3.05, 3.63) is 46.5 Å². The summed E-state index contributed by atoms with van der Waals surface area (Å²) in [6, 6.07) is 7.15. The molecule has 0 saturated heterocycles. The fourth-order valence-electron chi connectivity index (χ4n) is 1.56. The molecule has 4 nitrogen and oxygen atoms in total. The predicted octanol–water partition coefficient (Wildman–Crippen LogP) is 0.875. The maximum atomic E-state index is 11.7. The maximum absolute atomic E-state index is 11.7. The van der Waals surface area contributed by atoms with Crippen LogP contribution in [0.5, 0.6) is 0 Å². The van der Waals surface area contributed by atoms with Gasteiger partial charge < -0.3 is 5.73 Å². The summed E-state index contributed by atoms with van der Waals surface area (Å²) in [5.41, 5.74) is 6.01. The van der Waals surface area contributed by atoms with E-state index in [-0.39, 0.29) is 11.5 Å². The summed E-state index contributed by atoms with van der Waals surface area (Å²) in [7, 11) is 0. The second kappa shape index (κ2) is 4.51. The molecule has 0 aromatic heterocycles. The Morgan fingerprint density at radius 3 is 2.47 bits per heavy atom. The van der Waals surface area contributed by atoms with E-state index in [4.69, 9.17) is 17.3 Å². The van der Waals surface area contributed by atoms with Gasteiger partial charge in [-0.25, -0.2) is 4.79 Å². The summed E-state index contributed by atoms with van der Waals surface area (Å²) in [6.45, 7) is 0.392. The van der Waals surface area contributed by atoms with Gasteiger partial charge in [-0.15, -0.1) is 0 Å². The second-order valence-electron chi connectivity index (χ2n) is 3.65. The van der Waals surface area contributed by atoms with Crippen LogP contribution in [0, 0.1) is 0 Å². The Bertz CT molecular complexity index is 544. The van der Waals surface area contributed by atoms with E-state index < -0.39 is 5.91 Å². The molecule has 1 aliphatic rings. The zero-order valence-corrected chi connectivity index (χ0v) is 9.65. The number of nitrogens with two attached hydrogens (primary N) is 1. The average molecular weight is 250 g/mol. The van der Waals surface area contributed by atoms with Gasteiger partial charge in [-0.05, 0) is 12.1 Å². The van der Waals surface area contributed by atoms with Gasteiger partial charge in [0.05, 0.1) is 0 Å². The lowest BCUT2D eigenvalue weighted by Crippen LogP contribution is -2.25. The van der Waals surface area contributed by atoms with Crippen molar-refractivity contribution in [3.8, 4) is 0 Å². The Labute approximate surface area is 103 Å². The minimum absolute atomic E-state index is 0.0129. The third kappa shape index (κ3) is 2.42. The number of carbonyl (C=O) groups excluding carboxylic acids is 2. The highest BCUT2D eigenvalue weighted by Gasteiger charge is 2.31. The monoisotopic (exact) mass is 249 g/mol. The van der Waals surface area contributed by atoms with E-state index in [2.05, 4.69) is 0 Å². The van der Waals surface area contributed by atoms with Gasteiger partial charge >= 0.3 is 5.91 Å². The minimum Gasteiger partial charge on any atom is -0.365 e. The molecule has 2 N–H and O–H groups in total. The molecule has 0 fully saturated rings. The Morgan fingerprint density at radius 1 is 1.29 bits per heavy atom. The second-order valence-corrected chi connectivity index (χ2v) is 4.09. The van der Waals surface area contributed by atoms with Gasteiger partial charge in [0.1, 0.15) is 0 Å². The van der Waals surface area contributed by atoms with Crippen molar-refractivity contribution in [2.24, 2.45) is 5.73 Å². The van der Waals surface area contributed by atoms with Gasteiger partial charge in [0.25, 0.3) is 5.91 Å². The minimum atomic E-state index is -0.704. The van der Waals surface area contributed by atoms with Gasteiger partial charge in [-0.3, -0.25) is 4.79 Å². The van der Waals surface area contributed by atoms with Crippen LogP contribution in [0.3, 0.4) is 0 Å². The molecule has 1 aromatic carbocycles. The summed E-state index contributed by atoms with van der Waals surface area (Å²) in [6.07, 6.45) is 2.98. The van der Waals surface area contributed by atoms with Gasteiger partial charge in [0.2, 0.25) is 0 Å². The molecule has 2 amide bonds. The van der Waals surface area contributed by atoms with Crippen molar-refractivity contribution in [1.82, 2.24) is 0 Å². The fraction of sp³-hybridized carbons (Fsp3) is 0.0833. The molecule has 1 aromatic rings. The van der Waals surface area contributed by atoms with E-state index >= 15 is 0 Å². The van der Waals surface area contributed by atoms with Crippen LogP contribution in [0.25, 0.3) is 0 Å². The van der Waals surface area contributed by atoms with Crippen LogP contribution in [0.15, 0.2) is 35.9 Å². The molecule has 0 unspecified atom stereocenters. The van der Waals surface area contributed by atoms with Gasteiger partial charge in [0, 0.05) is 16.7 Å². The lowest BCUT2D eigenvalue weighted by molar-refractivity contribution is -0.452. The third-order valence-electron chi connectivity index (χ3n) is 2.44. The number of allylic oxidation sites excluding steroid dienone is 1. The Morgan fingerprint density at radius 2 is 1.94 bits per heavy atom. The summed E-state index contributed by atoms with van der Waals surface area (Å²) in [5, 5.41) is 0.640. The van der Waals surface area contributed by atoms with Crippen LogP contribution < -0.4 is 5.73 Å². The molecule has 0 aliphatic carbocycles. The van der Waals surface area contributed by atoms with E-state index in [0.29, 0.717) is 11.6 Å². The van der Waals surface area contributed by atoms with Crippen molar-refractivity contribution in [1.29, 1.82) is 0 Å². The number of nitrogens with zero attached hydrogens (tertiary/aromatic N) is 1. The Kier molecular flexibility index (Phi) is 3.06. The lowest BCUT2D eigenvalue weighted by Gasteiger charge is -1.98. The first-order chi connectivity index (χ1) is 8.08. The van der Waals surface area contributed by atoms with Gasteiger partial charge in [-0.2, -0.15) is 4.58 Å². The Balaban J connectivity index is 2.11. The fourth-order valence-corrected chi connectivity index (χ4v) is 1.68. The first kappa shape index (κ1) is 11.5. The van der Waals surface area contributed by atoms with Crippen LogP contribution in [-0.2, 0) is 16.1 Å². The van der Waals surface area contributed by atoms with Crippen LogP contribution in [-0.4, -0.2) is 22.6 Å². The molecule has 0 bridgehead atoms. The number of amides is 2. The maximum Gasteiger partial charge on any atom is 0.425 e. The number of hydrogen-bond acceptors (Lipinski definition) is 2. The van der Waals surface area contributed by atoms with Crippen molar-refractivity contribution < 1.29 is 14.2 Å². The predicted molar refractivity (Wildman–Crippen MR) is 63.8 cm³/mol. The van der Waals surface area contributed by atoms with Crippen LogP contribution in [0.1, 0.15) is 5.56 Å². The van der Waals surface area contributed by atoms with Crippen LogP contribution in [0.2, 0.25) is 5.02 Å². The first-order valence-corrected chi connectivity index (χ1v) is 5.36. The quantitative estimate of drug-likeness (QED) is 0.638. The number of rotatable bonds is 3. The number of carbonyl (C=O) groups is 2. The molecule has 5 heteroatoms. The van der Waals surface area contributed by atoms with Crippen LogP contribution in [0.4, 0.5) is 0 Å². The first-order valence-electron chi connectivity index (χ1n) is 4.98. The summed E-state index contributed by atoms with van der Waals surface area (Å²) in [5.74, 6) is -1.07. The lowest BCUT2D eigenvalue weighted by atomic mass is 10.2. The molecule has 0 spiro atoms. The molecule has 17 heavy (non-hydrogen) atoms. The molecule has 2 rings (SSSR count). The number of halogens is 1. The standard InChI is InChI=1S/C12H9ClN2O2/c13-9-3-1-8(2-4-9)7-15-6-5-10(11(14)16)12(15)17/h1-6H,7H2,(H-,14,16)/p+1. The highest BCUT2D eigenvalue weighted by atomic mass is 35.5. The van der Waals surface area contributed by atoms with Crippen molar-refractivity contribution in [2.45, 2.75) is 6.54 Å². The molecule has 0 saturated carbocycles. The van der Waals surface area contributed by atoms with E-state index in [1.54, 1.807) is 18.3 Å². The highest BCUT2D eigenvalue weighted by Crippen LogP contribution is 2.12. The summed E-state index contributed by atoms with van der Waals surface area (Å²) in [4.78, 5) is 22.6. The van der Waals surface area contributed by atoms with Gasteiger partial charge in [0.15, 0.2) is 18.3 Å². The molecule has 0 radical (unpaired) electrons. The molecular weight excluding hydrogens is 240 g/mol. The van der Waals surface area contributed by atoms with Crippen molar-refractivity contribution in [2.75, 3.05) is 0 Å². The number of benzene rings is 1. The van der Waals surface area contributed by atoms with Crippen molar-refractivity contribution in [3.63, 3.8) is 0 Å². The molecule has 86 valence electrons. The number of primary amides is 1. The summed E-state index contributed by atoms with van der Waals surface area (Å²) >= 11 is 5.76. The topological polar surface area (TPSA) is 63.2 Å². The smallest absolute Gasteiger partial charge is 0.365 e. The largest absolute Gasteiger partial charge is 0.425 e. The molecule has 0 atom stereocenters. The van der Waals surface area contributed by atoms with E-state index in [1.807, 2.05) is 12.1 Å². The van der Waals surface area contributed by atoms with Gasteiger partial charge in [-0.1, -0.05) is 23.7 Å². The molecule has 1 aliphatic heterocycles. The Hall–Kier alpha value is -1.94. The zero-order valence-electron chi connectivity index (χ0n) is 8.89. The molecule has 1 heterocycles. The average Bonchev–Trinajstić information content (AvgIpc) is 2.64. The van der Waals surface area contributed by atoms with E-state index in [9.17, 15) is 9.59 Å². The van der Waals surface area contributed by atoms with E-state index in [1.165, 1.54) is 10.7 Å². The zero-order chi connectivity index (χ0) is 12.4. The third-order valence-corrected chi connectivity index (χ3v) is 2.70. The normalized spacial score (nSPS) is 14.5. The van der Waals surface area contributed by atoms with Crippen molar-refractivity contribution >= 4 is 29.6 Å². The van der Waals surface area contributed by atoms with E-state index in [0.717, 1.165) is 5.56 Å². The highest BCUT2D eigenvalue weighted by molar-refractivity contribution is 6.30. The summed E-state index contributed by atoms with van der Waals surface area (Å²) < 4.78 is 1.43.